The number of ether oxygens (including phenoxy) is 1. The third kappa shape index (κ3) is 3.76. The highest BCUT2D eigenvalue weighted by molar-refractivity contribution is 7.99. The van der Waals surface area contributed by atoms with E-state index in [0.29, 0.717) is 5.52 Å². The molecule has 5 heterocycles. The van der Waals surface area contributed by atoms with Crippen molar-refractivity contribution in [2.45, 2.75) is 11.9 Å². The van der Waals surface area contributed by atoms with Crippen molar-refractivity contribution in [3.8, 4) is 11.4 Å². The standard InChI is InChI=1S/C26H24FN5OS/c1-17-24(21-4-2-3-7-28-21)30-22-14-18(27)5-6-20(22)25(17)32-10-13-34-26-23(32)15-19(16-29-26)31-8-11-33-12-9-31/h2-7,14-16H,8-13H2,1H3. The molecule has 1 aromatic carbocycles. The van der Waals surface area contributed by atoms with Crippen LogP contribution >= 0.6 is 11.8 Å². The van der Waals surface area contributed by atoms with Crippen LogP contribution in [0.2, 0.25) is 0 Å². The smallest absolute Gasteiger partial charge is 0.125 e. The van der Waals surface area contributed by atoms with Gasteiger partial charge in [-0.15, -0.1) is 11.8 Å². The Labute approximate surface area is 201 Å². The Bertz CT molecular complexity index is 1360. The summed E-state index contributed by atoms with van der Waals surface area (Å²) in [5.41, 5.74) is 6.40. The Hall–Kier alpha value is -3.23. The summed E-state index contributed by atoms with van der Waals surface area (Å²) in [6, 6.07) is 12.9. The lowest BCUT2D eigenvalue weighted by Gasteiger charge is -2.35. The molecular formula is C26H24FN5OS. The highest BCUT2D eigenvalue weighted by Gasteiger charge is 2.27. The van der Waals surface area contributed by atoms with Crippen molar-refractivity contribution >= 4 is 39.7 Å². The zero-order valence-electron chi connectivity index (χ0n) is 18.9. The second kappa shape index (κ2) is 8.85. The van der Waals surface area contributed by atoms with E-state index < -0.39 is 0 Å². The first-order chi connectivity index (χ1) is 16.7. The van der Waals surface area contributed by atoms with Crippen molar-refractivity contribution in [2.75, 3.05) is 48.4 Å². The van der Waals surface area contributed by atoms with Gasteiger partial charge < -0.3 is 14.5 Å². The Kier molecular flexibility index (Phi) is 5.55. The first-order valence-electron chi connectivity index (χ1n) is 11.4. The van der Waals surface area contributed by atoms with Gasteiger partial charge in [0.1, 0.15) is 10.8 Å². The summed E-state index contributed by atoms with van der Waals surface area (Å²) in [5, 5.41) is 1.93. The van der Waals surface area contributed by atoms with Gasteiger partial charge in [-0.25, -0.2) is 14.4 Å². The first kappa shape index (κ1) is 21.3. The minimum atomic E-state index is -0.298. The summed E-state index contributed by atoms with van der Waals surface area (Å²) < 4.78 is 19.8. The van der Waals surface area contributed by atoms with Crippen LogP contribution in [0.5, 0.6) is 0 Å². The first-order valence-corrected chi connectivity index (χ1v) is 12.4. The van der Waals surface area contributed by atoms with Gasteiger partial charge in [-0.05, 0) is 37.3 Å². The summed E-state index contributed by atoms with van der Waals surface area (Å²) in [7, 11) is 0. The molecule has 0 saturated carbocycles. The lowest BCUT2D eigenvalue weighted by atomic mass is 10.0. The van der Waals surface area contributed by atoms with Crippen molar-refractivity contribution in [3.63, 3.8) is 0 Å². The number of halogens is 1. The maximum absolute atomic E-state index is 14.2. The second-order valence-electron chi connectivity index (χ2n) is 8.43. The molecule has 0 atom stereocenters. The molecule has 2 aliphatic heterocycles. The fourth-order valence-corrected chi connectivity index (χ4v) is 5.64. The molecule has 2 aliphatic rings. The number of hydrogen-bond acceptors (Lipinski definition) is 7. The number of anilines is 3. The molecule has 0 aliphatic carbocycles. The van der Waals surface area contributed by atoms with Crippen LogP contribution in [-0.2, 0) is 4.74 Å². The van der Waals surface area contributed by atoms with E-state index in [0.717, 1.165) is 83.0 Å². The molecule has 1 saturated heterocycles. The summed E-state index contributed by atoms with van der Waals surface area (Å²) in [5.74, 6) is 0.618. The highest BCUT2D eigenvalue weighted by Crippen LogP contribution is 2.44. The molecule has 0 amide bonds. The Morgan fingerprint density at radius 2 is 1.91 bits per heavy atom. The van der Waals surface area contributed by atoms with Crippen molar-refractivity contribution in [1.82, 2.24) is 15.0 Å². The molecule has 8 heteroatoms. The minimum absolute atomic E-state index is 0.298. The van der Waals surface area contributed by atoms with E-state index in [1.165, 1.54) is 12.1 Å². The topological polar surface area (TPSA) is 54.4 Å². The van der Waals surface area contributed by atoms with Crippen molar-refractivity contribution < 1.29 is 9.13 Å². The predicted octanol–water partition coefficient (Wildman–Crippen LogP) is 5.22. The van der Waals surface area contributed by atoms with Crippen molar-refractivity contribution in [1.29, 1.82) is 0 Å². The maximum Gasteiger partial charge on any atom is 0.125 e. The van der Waals surface area contributed by atoms with Crippen LogP contribution in [0.25, 0.3) is 22.3 Å². The molecule has 3 aromatic heterocycles. The largest absolute Gasteiger partial charge is 0.378 e. The Balaban J connectivity index is 1.55. The van der Waals surface area contributed by atoms with E-state index in [-0.39, 0.29) is 5.82 Å². The number of pyridine rings is 3. The van der Waals surface area contributed by atoms with Crippen LogP contribution in [-0.4, -0.2) is 53.6 Å². The van der Waals surface area contributed by atoms with Gasteiger partial charge in [-0.1, -0.05) is 6.07 Å². The minimum Gasteiger partial charge on any atom is -0.378 e. The maximum atomic E-state index is 14.2. The summed E-state index contributed by atoms with van der Waals surface area (Å²) >= 11 is 1.77. The molecule has 6 nitrogen and oxygen atoms in total. The van der Waals surface area contributed by atoms with Crippen LogP contribution < -0.4 is 9.80 Å². The zero-order chi connectivity index (χ0) is 23.1. The van der Waals surface area contributed by atoms with Gasteiger partial charge in [0.15, 0.2) is 0 Å². The molecule has 0 bridgehead atoms. The van der Waals surface area contributed by atoms with Crippen molar-refractivity contribution in [3.05, 3.63) is 66.2 Å². The average molecular weight is 474 g/mol. The molecular weight excluding hydrogens is 449 g/mol. The van der Waals surface area contributed by atoms with Crippen LogP contribution in [0.1, 0.15) is 5.56 Å². The number of aromatic nitrogens is 3. The van der Waals surface area contributed by atoms with Crippen molar-refractivity contribution in [2.24, 2.45) is 0 Å². The third-order valence-electron chi connectivity index (χ3n) is 6.37. The predicted molar refractivity (Wildman–Crippen MR) is 135 cm³/mol. The molecule has 0 radical (unpaired) electrons. The summed E-state index contributed by atoms with van der Waals surface area (Å²) in [6.45, 7) is 6.06. The molecule has 1 fully saturated rings. The number of nitrogens with zero attached hydrogens (tertiary/aromatic N) is 5. The van der Waals surface area contributed by atoms with E-state index >= 15 is 0 Å². The zero-order valence-corrected chi connectivity index (χ0v) is 19.7. The molecule has 4 aromatic rings. The van der Waals surface area contributed by atoms with Gasteiger partial charge in [-0.3, -0.25) is 4.98 Å². The van der Waals surface area contributed by atoms with Gasteiger partial charge in [0.2, 0.25) is 0 Å². The summed E-state index contributed by atoms with van der Waals surface area (Å²) in [4.78, 5) is 18.8. The lowest BCUT2D eigenvalue weighted by Crippen LogP contribution is -2.36. The number of thioether (sulfide) groups is 1. The molecule has 34 heavy (non-hydrogen) atoms. The van der Waals surface area contributed by atoms with E-state index in [1.54, 1.807) is 18.0 Å². The number of morpholine rings is 1. The Morgan fingerprint density at radius 3 is 2.74 bits per heavy atom. The number of fused-ring (bicyclic) bond motifs is 2. The molecule has 172 valence electrons. The molecule has 0 unspecified atom stereocenters. The van der Waals surface area contributed by atoms with Crippen LogP contribution in [0.4, 0.5) is 21.5 Å². The molecule has 0 spiro atoms. The fourth-order valence-electron chi connectivity index (χ4n) is 4.73. The highest BCUT2D eigenvalue weighted by atomic mass is 32.2. The monoisotopic (exact) mass is 473 g/mol. The van der Waals surface area contributed by atoms with Gasteiger partial charge in [0.25, 0.3) is 0 Å². The molecule has 0 N–H and O–H groups in total. The number of benzene rings is 1. The summed E-state index contributed by atoms with van der Waals surface area (Å²) in [6.07, 6.45) is 3.73. The quantitative estimate of drug-likeness (QED) is 0.404. The van der Waals surface area contributed by atoms with Gasteiger partial charge >= 0.3 is 0 Å². The van der Waals surface area contributed by atoms with E-state index in [4.69, 9.17) is 14.7 Å². The van der Waals surface area contributed by atoms with Crippen LogP contribution in [0, 0.1) is 12.7 Å². The average Bonchev–Trinajstić information content (AvgIpc) is 2.89. The Morgan fingerprint density at radius 1 is 1.03 bits per heavy atom. The SMILES string of the molecule is Cc1c(-c2ccccn2)nc2cc(F)ccc2c1N1CCSc2ncc(N3CCOCC3)cc21. The number of hydrogen-bond donors (Lipinski definition) is 0. The van der Waals surface area contributed by atoms with Gasteiger partial charge in [-0.2, -0.15) is 0 Å². The number of rotatable bonds is 3. The van der Waals surface area contributed by atoms with E-state index in [9.17, 15) is 4.39 Å². The van der Waals surface area contributed by atoms with Gasteiger partial charge in [0.05, 0.1) is 53.4 Å². The normalized spacial score (nSPS) is 16.1. The third-order valence-corrected chi connectivity index (χ3v) is 7.35. The van der Waals surface area contributed by atoms with Gasteiger partial charge in [0, 0.05) is 48.6 Å². The van der Waals surface area contributed by atoms with Crippen LogP contribution in [0.3, 0.4) is 0 Å². The second-order valence-corrected chi connectivity index (χ2v) is 9.51. The van der Waals surface area contributed by atoms with E-state index in [2.05, 4.69) is 27.8 Å². The molecule has 6 rings (SSSR count). The van der Waals surface area contributed by atoms with Crippen LogP contribution in [0.15, 0.2) is 59.9 Å². The van der Waals surface area contributed by atoms with E-state index in [1.807, 2.05) is 30.5 Å². The lowest BCUT2D eigenvalue weighted by molar-refractivity contribution is 0.122. The fraction of sp³-hybridized carbons (Fsp3) is 0.269.